The summed E-state index contributed by atoms with van der Waals surface area (Å²) in [5.74, 6) is -0.342. The fourth-order valence-corrected chi connectivity index (χ4v) is 4.47. The van der Waals surface area contributed by atoms with Gasteiger partial charge in [-0.3, -0.25) is 14.6 Å². The van der Waals surface area contributed by atoms with Gasteiger partial charge in [0.15, 0.2) is 9.84 Å². The zero-order chi connectivity index (χ0) is 16.3. The number of benzene rings is 1. The van der Waals surface area contributed by atoms with Gasteiger partial charge in [-0.05, 0) is 12.1 Å². The number of nitrogens with zero attached hydrogens (tertiary/aromatic N) is 2. The SMILES string of the molecule is O=C(CCS(=O)(=O)c1ccccc1)NCC1CN2CCN1CC2. The van der Waals surface area contributed by atoms with Crippen molar-refractivity contribution in [2.75, 3.05) is 45.0 Å². The van der Waals surface area contributed by atoms with Crippen LogP contribution >= 0.6 is 0 Å². The Labute approximate surface area is 137 Å². The molecule has 4 rings (SSSR count). The van der Waals surface area contributed by atoms with Gasteiger partial charge in [0.2, 0.25) is 5.91 Å². The van der Waals surface area contributed by atoms with Crippen LogP contribution in [0, 0.1) is 0 Å². The quantitative estimate of drug-likeness (QED) is 0.789. The number of nitrogens with one attached hydrogen (secondary N) is 1. The highest BCUT2D eigenvalue weighted by molar-refractivity contribution is 7.91. The van der Waals surface area contributed by atoms with Gasteiger partial charge >= 0.3 is 0 Å². The van der Waals surface area contributed by atoms with Gasteiger partial charge in [-0.2, -0.15) is 0 Å². The molecule has 3 fully saturated rings. The molecule has 1 atom stereocenters. The van der Waals surface area contributed by atoms with Gasteiger partial charge in [0, 0.05) is 51.7 Å². The summed E-state index contributed by atoms with van der Waals surface area (Å²) in [6, 6.07) is 8.63. The molecule has 3 heterocycles. The molecule has 2 bridgehead atoms. The van der Waals surface area contributed by atoms with E-state index in [1.807, 2.05) is 0 Å². The van der Waals surface area contributed by atoms with Crippen LogP contribution in [0.2, 0.25) is 0 Å². The molecule has 0 aliphatic carbocycles. The topological polar surface area (TPSA) is 69.7 Å². The van der Waals surface area contributed by atoms with Crippen LogP contribution in [0.3, 0.4) is 0 Å². The van der Waals surface area contributed by atoms with E-state index in [0.29, 0.717) is 12.6 Å². The van der Waals surface area contributed by atoms with Crippen molar-refractivity contribution in [3.8, 4) is 0 Å². The molecule has 1 unspecified atom stereocenters. The molecule has 23 heavy (non-hydrogen) atoms. The smallest absolute Gasteiger partial charge is 0.221 e. The molecule has 1 aromatic carbocycles. The van der Waals surface area contributed by atoms with E-state index in [1.165, 1.54) is 0 Å². The fourth-order valence-electron chi connectivity index (χ4n) is 3.21. The third-order valence-corrected chi connectivity index (χ3v) is 6.36. The number of hydrogen-bond donors (Lipinski definition) is 1. The summed E-state index contributed by atoms with van der Waals surface area (Å²) < 4.78 is 24.3. The van der Waals surface area contributed by atoms with Gasteiger partial charge in [0.1, 0.15) is 0 Å². The summed E-state index contributed by atoms with van der Waals surface area (Å²) in [7, 11) is -3.39. The Morgan fingerprint density at radius 2 is 1.83 bits per heavy atom. The Balaban J connectivity index is 1.45. The van der Waals surface area contributed by atoms with Gasteiger partial charge in [-0.1, -0.05) is 18.2 Å². The van der Waals surface area contributed by atoms with Crippen LogP contribution in [0.25, 0.3) is 0 Å². The largest absolute Gasteiger partial charge is 0.354 e. The number of sulfone groups is 1. The van der Waals surface area contributed by atoms with Crippen molar-refractivity contribution in [3.05, 3.63) is 30.3 Å². The summed E-state index contributed by atoms with van der Waals surface area (Å²) in [6.45, 7) is 5.93. The van der Waals surface area contributed by atoms with Crippen LogP contribution in [-0.2, 0) is 14.6 Å². The lowest BCUT2D eigenvalue weighted by Gasteiger charge is -2.47. The molecule has 3 saturated heterocycles. The van der Waals surface area contributed by atoms with E-state index >= 15 is 0 Å². The molecule has 6 nitrogen and oxygen atoms in total. The second-order valence-electron chi connectivity index (χ2n) is 6.18. The monoisotopic (exact) mass is 337 g/mol. The Morgan fingerprint density at radius 3 is 2.43 bits per heavy atom. The van der Waals surface area contributed by atoms with Crippen LogP contribution < -0.4 is 5.32 Å². The molecule has 7 heteroatoms. The molecular formula is C16H23N3O3S. The maximum atomic E-state index is 12.2. The summed E-state index contributed by atoms with van der Waals surface area (Å²) >= 11 is 0. The summed E-state index contributed by atoms with van der Waals surface area (Å²) in [5.41, 5.74) is 0. The first kappa shape index (κ1) is 16.4. The lowest BCUT2D eigenvalue weighted by Crippen LogP contribution is -2.63. The molecule has 0 saturated carbocycles. The van der Waals surface area contributed by atoms with Gasteiger partial charge < -0.3 is 5.32 Å². The second-order valence-corrected chi connectivity index (χ2v) is 8.29. The summed E-state index contributed by atoms with van der Waals surface area (Å²) in [6.07, 6.45) is 0.00760. The Morgan fingerprint density at radius 1 is 1.13 bits per heavy atom. The lowest BCUT2D eigenvalue weighted by atomic mass is 10.1. The van der Waals surface area contributed by atoms with Crippen LogP contribution in [0.1, 0.15) is 6.42 Å². The molecule has 3 aliphatic rings. The minimum Gasteiger partial charge on any atom is -0.354 e. The molecule has 3 aliphatic heterocycles. The van der Waals surface area contributed by atoms with E-state index < -0.39 is 9.84 Å². The number of rotatable bonds is 6. The van der Waals surface area contributed by atoms with E-state index in [2.05, 4.69) is 15.1 Å². The first-order chi connectivity index (χ1) is 11.0. The average Bonchev–Trinajstić information content (AvgIpc) is 2.60. The van der Waals surface area contributed by atoms with E-state index in [9.17, 15) is 13.2 Å². The molecule has 0 radical (unpaired) electrons. The summed E-state index contributed by atoms with van der Waals surface area (Å²) in [4.78, 5) is 17.1. The normalized spacial score (nSPS) is 26.9. The fraction of sp³-hybridized carbons (Fsp3) is 0.562. The van der Waals surface area contributed by atoms with Crippen molar-refractivity contribution in [1.82, 2.24) is 15.1 Å². The maximum Gasteiger partial charge on any atom is 0.221 e. The van der Waals surface area contributed by atoms with Crippen molar-refractivity contribution in [2.24, 2.45) is 0 Å². The number of amides is 1. The highest BCUT2D eigenvalue weighted by Gasteiger charge is 2.31. The number of carbonyl (C=O) groups is 1. The predicted octanol–water partition coefficient (Wildman–Crippen LogP) is -0.0336. The first-order valence-electron chi connectivity index (χ1n) is 8.05. The van der Waals surface area contributed by atoms with Gasteiger partial charge in [0.05, 0.1) is 10.6 Å². The highest BCUT2D eigenvalue weighted by Crippen LogP contribution is 2.15. The van der Waals surface area contributed by atoms with Crippen molar-refractivity contribution < 1.29 is 13.2 Å². The van der Waals surface area contributed by atoms with Crippen molar-refractivity contribution in [3.63, 3.8) is 0 Å². The number of carbonyl (C=O) groups excluding carboxylic acids is 1. The van der Waals surface area contributed by atoms with Crippen LogP contribution in [-0.4, -0.2) is 75.2 Å². The maximum absolute atomic E-state index is 12.2. The minimum atomic E-state index is -3.39. The van der Waals surface area contributed by atoms with Gasteiger partial charge in [0.25, 0.3) is 0 Å². The Bertz CT molecular complexity index is 640. The zero-order valence-electron chi connectivity index (χ0n) is 13.1. The van der Waals surface area contributed by atoms with E-state index in [0.717, 1.165) is 32.7 Å². The average molecular weight is 337 g/mol. The highest BCUT2D eigenvalue weighted by atomic mass is 32.2. The lowest BCUT2D eigenvalue weighted by molar-refractivity contribution is -0.121. The third-order valence-electron chi connectivity index (χ3n) is 4.63. The molecule has 0 aromatic heterocycles. The zero-order valence-corrected chi connectivity index (χ0v) is 14.0. The number of fused-ring (bicyclic) bond motifs is 3. The minimum absolute atomic E-state index is 0.00760. The van der Waals surface area contributed by atoms with Crippen LogP contribution in [0.4, 0.5) is 0 Å². The molecule has 0 spiro atoms. The molecule has 1 amide bonds. The standard InChI is InChI=1S/C16H23N3O3S/c20-16(6-11-23(21,22)15-4-2-1-3-5-15)17-12-14-13-18-7-9-19(14)10-8-18/h1-5,14H,6-13H2,(H,17,20). The molecular weight excluding hydrogens is 314 g/mol. The first-order valence-corrected chi connectivity index (χ1v) is 9.71. The summed E-state index contributed by atoms with van der Waals surface area (Å²) in [5, 5.41) is 2.89. The van der Waals surface area contributed by atoms with Crippen molar-refractivity contribution in [2.45, 2.75) is 17.4 Å². The van der Waals surface area contributed by atoms with Crippen LogP contribution in [0.15, 0.2) is 35.2 Å². The molecule has 1 N–H and O–H groups in total. The molecule has 1 aromatic rings. The second kappa shape index (κ2) is 6.98. The van der Waals surface area contributed by atoms with Crippen molar-refractivity contribution in [1.29, 1.82) is 0 Å². The predicted molar refractivity (Wildman–Crippen MR) is 87.9 cm³/mol. The Hall–Kier alpha value is -1.44. The van der Waals surface area contributed by atoms with E-state index in [4.69, 9.17) is 0 Å². The van der Waals surface area contributed by atoms with Crippen molar-refractivity contribution >= 4 is 15.7 Å². The van der Waals surface area contributed by atoms with Gasteiger partial charge in [-0.15, -0.1) is 0 Å². The molecule has 126 valence electrons. The number of piperazine rings is 3. The third kappa shape index (κ3) is 4.10. The number of hydrogen-bond acceptors (Lipinski definition) is 5. The van der Waals surface area contributed by atoms with E-state index in [1.54, 1.807) is 30.3 Å². The van der Waals surface area contributed by atoms with Crippen LogP contribution in [0.5, 0.6) is 0 Å². The Kier molecular flexibility index (Phi) is 4.99. The van der Waals surface area contributed by atoms with E-state index in [-0.39, 0.29) is 23.0 Å². The van der Waals surface area contributed by atoms with Gasteiger partial charge in [-0.25, -0.2) is 8.42 Å².